The lowest BCUT2D eigenvalue weighted by Gasteiger charge is -2.16. The van der Waals surface area contributed by atoms with Crippen molar-refractivity contribution in [2.75, 3.05) is 32.0 Å². The van der Waals surface area contributed by atoms with Crippen molar-refractivity contribution in [3.8, 4) is 22.6 Å². The summed E-state index contributed by atoms with van der Waals surface area (Å²) in [5.41, 5.74) is 4.02. The molecule has 0 saturated carbocycles. The number of anilines is 2. The molecule has 1 heterocycles. The smallest absolute Gasteiger partial charge is 0.341 e. The monoisotopic (exact) mass is 604 g/mol. The summed E-state index contributed by atoms with van der Waals surface area (Å²) in [6, 6.07) is 20.1. The van der Waals surface area contributed by atoms with Gasteiger partial charge in [0.1, 0.15) is 10.6 Å². The van der Waals surface area contributed by atoms with Gasteiger partial charge in [-0.15, -0.1) is 23.1 Å². The standard InChI is InChI=1S/C32H32N2O6S2/c1-6-27(30(36)34-31-28(32(37)40-5)24(18-41-31)20-12-10-19(2)11-13-20)42-23-9-7-8-22(17-23)33-29(35)21-14-15-25(38-3)26(16-21)39-4/h7-18,27H,6H2,1-5H3,(H,33,35)(H,34,36). The Labute approximate surface area is 253 Å². The summed E-state index contributed by atoms with van der Waals surface area (Å²) in [6.45, 7) is 3.92. The first kappa shape index (κ1) is 30.7. The Morgan fingerprint density at radius 3 is 2.31 bits per heavy atom. The SMILES string of the molecule is CCC(Sc1cccc(NC(=O)c2ccc(OC)c(OC)c2)c1)C(=O)Nc1scc(-c2ccc(C)cc2)c1C(=O)OC. The molecule has 2 amide bonds. The van der Waals surface area contributed by atoms with E-state index in [0.717, 1.165) is 16.0 Å². The van der Waals surface area contributed by atoms with Crippen LogP contribution in [0.15, 0.2) is 77.0 Å². The predicted molar refractivity (Wildman–Crippen MR) is 168 cm³/mol. The Morgan fingerprint density at radius 2 is 1.64 bits per heavy atom. The minimum absolute atomic E-state index is 0.232. The first-order valence-electron chi connectivity index (χ1n) is 13.2. The summed E-state index contributed by atoms with van der Waals surface area (Å²) < 4.78 is 15.6. The van der Waals surface area contributed by atoms with Crippen LogP contribution in [0.3, 0.4) is 0 Å². The van der Waals surface area contributed by atoms with Crippen LogP contribution in [-0.4, -0.2) is 44.4 Å². The molecule has 42 heavy (non-hydrogen) atoms. The number of amides is 2. The normalized spacial score (nSPS) is 11.4. The van der Waals surface area contributed by atoms with E-state index >= 15 is 0 Å². The summed E-state index contributed by atoms with van der Waals surface area (Å²) in [5, 5.41) is 7.70. The molecule has 0 aliphatic rings. The van der Waals surface area contributed by atoms with Gasteiger partial charge in [-0.1, -0.05) is 42.8 Å². The lowest BCUT2D eigenvalue weighted by molar-refractivity contribution is -0.115. The average molecular weight is 605 g/mol. The van der Waals surface area contributed by atoms with E-state index in [-0.39, 0.29) is 11.8 Å². The predicted octanol–water partition coefficient (Wildman–Crippen LogP) is 7.29. The Bertz CT molecular complexity index is 1580. The number of esters is 1. The number of thiophene rings is 1. The molecule has 1 aromatic heterocycles. The van der Waals surface area contributed by atoms with Crippen LogP contribution in [0.5, 0.6) is 11.5 Å². The van der Waals surface area contributed by atoms with E-state index in [2.05, 4.69) is 10.6 Å². The van der Waals surface area contributed by atoms with Crippen molar-refractivity contribution < 1.29 is 28.6 Å². The quantitative estimate of drug-likeness (QED) is 0.137. The van der Waals surface area contributed by atoms with Gasteiger partial charge in [-0.05, 0) is 55.3 Å². The van der Waals surface area contributed by atoms with Crippen LogP contribution in [0.2, 0.25) is 0 Å². The van der Waals surface area contributed by atoms with Gasteiger partial charge in [0.2, 0.25) is 5.91 Å². The number of carbonyl (C=O) groups excluding carboxylic acids is 3. The molecule has 0 saturated heterocycles. The molecular formula is C32H32N2O6S2. The number of thioether (sulfide) groups is 1. The molecule has 10 heteroatoms. The Hall–Kier alpha value is -4.28. The van der Waals surface area contributed by atoms with Gasteiger partial charge in [0.05, 0.1) is 26.6 Å². The minimum Gasteiger partial charge on any atom is -0.493 e. The van der Waals surface area contributed by atoms with Gasteiger partial charge in [0, 0.05) is 27.1 Å². The molecule has 0 radical (unpaired) electrons. The number of ether oxygens (including phenoxy) is 3. The summed E-state index contributed by atoms with van der Waals surface area (Å²) in [5.74, 6) is -0.0620. The maximum absolute atomic E-state index is 13.4. The average Bonchev–Trinajstić information content (AvgIpc) is 3.42. The number of hydrogen-bond donors (Lipinski definition) is 2. The molecule has 1 unspecified atom stereocenters. The van der Waals surface area contributed by atoms with Crippen LogP contribution in [0.25, 0.3) is 11.1 Å². The van der Waals surface area contributed by atoms with Gasteiger partial charge in [0.25, 0.3) is 5.91 Å². The Kier molecular flexibility index (Phi) is 10.3. The van der Waals surface area contributed by atoms with Gasteiger partial charge < -0.3 is 24.8 Å². The molecule has 4 aromatic rings. The highest BCUT2D eigenvalue weighted by Crippen LogP contribution is 2.37. The molecule has 4 rings (SSSR count). The zero-order valence-corrected chi connectivity index (χ0v) is 25.6. The van der Waals surface area contributed by atoms with Crippen molar-refractivity contribution >= 4 is 51.6 Å². The molecule has 2 N–H and O–H groups in total. The number of carbonyl (C=O) groups is 3. The topological polar surface area (TPSA) is 103 Å². The van der Waals surface area contributed by atoms with E-state index < -0.39 is 11.2 Å². The number of benzene rings is 3. The molecule has 3 aromatic carbocycles. The molecule has 0 aliphatic heterocycles. The zero-order valence-electron chi connectivity index (χ0n) is 24.0. The van der Waals surface area contributed by atoms with Crippen LogP contribution in [0, 0.1) is 6.92 Å². The number of aryl methyl sites for hydroxylation is 1. The Balaban J connectivity index is 1.48. The fourth-order valence-corrected chi connectivity index (χ4v) is 6.18. The number of nitrogens with one attached hydrogen (secondary N) is 2. The second-order valence-electron chi connectivity index (χ2n) is 9.27. The maximum Gasteiger partial charge on any atom is 0.341 e. The molecule has 218 valence electrons. The van der Waals surface area contributed by atoms with Crippen LogP contribution in [-0.2, 0) is 9.53 Å². The molecule has 0 aliphatic carbocycles. The fourth-order valence-electron chi connectivity index (χ4n) is 4.21. The van der Waals surface area contributed by atoms with Crippen LogP contribution in [0.4, 0.5) is 10.7 Å². The summed E-state index contributed by atoms with van der Waals surface area (Å²) >= 11 is 2.66. The summed E-state index contributed by atoms with van der Waals surface area (Å²) in [4.78, 5) is 39.8. The number of rotatable bonds is 11. The Morgan fingerprint density at radius 1 is 0.905 bits per heavy atom. The van der Waals surface area contributed by atoms with Crippen molar-refractivity contribution in [2.24, 2.45) is 0 Å². The number of hydrogen-bond acceptors (Lipinski definition) is 8. The highest BCUT2D eigenvalue weighted by Gasteiger charge is 2.25. The third-order valence-electron chi connectivity index (χ3n) is 6.46. The van der Waals surface area contributed by atoms with E-state index in [1.54, 1.807) is 24.3 Å². The van der Waals surface area contributed by atoms with Crippen molar-refractivity contribution in [3.63, 3.8) is 0 Å². The van der Waals surface area contributed by atoms with E-state index in [4.69, 9.17) is 14.2 Å². The van der Waals surface area contributed by atoms with Crippen LogP contribution < -0.4 is 20.1 Å². The van der Waals surface area contributed by atoms with Crippen LogP contribution >= 0.6 is 23.1 Å². The summed E-state index contributed by atoms with van der Waals surface area (Å²) in [6.07, 6.45) is 0.544. The molecular weight excluding hydrogens is 572 g/mol. The van der Waals surface area contributed by atoms with E-state index in [0.29, 0.717) is 45.3 Å². The minimum atomic E-state index is -0.513. The van der Waals surface area contributed by atoms with Gasteiger partial charge in [-0.25, -0.2) is 4.79 Å². The largest absolute Gasteiger partial charge is 0.493 e. The van der Waals surface area contributed by atoms with E-state index in [1.807, 2.05) is 61.7 Å². The third kappa shape index (κ3) is 7.13. The van der Waals surface area contributed by atoms with E-state index in [1.165, 1.54) is 44.4 Å². The molecule has 0 fully saturated rings. The highest BCUT2D eigenvalue weighted by molar-refractivity contribution is 8.00. The van der Waals surface area contributed by atoms with Gasteiger partial charge in [-0.3, -0.25) is 9.59 Å². The number of methoxy groups -OCH3 is 3. The molecule has 1 atom stereocenters. The second kappa shape index (κ2) is 14.1. The van der Waals surface area contributed by atoms with E-state index in [9.17, 15) is 14.4 Å². The molecule has 8 nitrogen and oxygen atoms in total. The zero-order chi connectivity index (χ0) is 30.2. The van der Waals surface area contributed by atoms with Crippen molar-refractivity contribution in [1.82, 2.24) is 0 Å². The van der Waals surface area contributed by atoms with Crippen LogP contribution in [0.1, 0.15) is 39.6 Å². The highest BCUT2D eigenvalue weighted by atomic mass is 32.2. The second-order valence-corrected chi connectivity index (χ2v) is 11.4. The van der Waals surface area contributed by atoms with Crippen molar-refractivity contribution in [3.05, 3.63) is 88.8 Å². The van der Waals surface area contributed by atoms with Gasteiger partial charge in [0.15, 0.2) is 11.5 Å². The van der Waals surface area contributed by atoms with Crippen molar-refractivity contribution in [1.29, 1.82) is 0 Å². The fraction of sp³-hybridized carbons (Fsp3) is 0.219. The third-order valence-corrected chi connectivity index (χ3v) is 8.71. The first-order valence-corrected chi connectivity index (χ1v) is 14.9. The van der Waals surface area contributed by atoms with Gasteiger partial charge in [-0.2, -0.15) is 0 Å². The molecule has 0 spiro atoms. The van der Waals surface area contributed by atoms with Crippen molar-refractivity contribution in [2.45, 2.75) is 30.4 Å². The first-order chi connectivity index (χ1) is 20.3. The maximum atomic E-state index is 13.4. The summed E-state index contributed by atoms with van der Waals surface area (Å²) in [7, 11) is 4.37. The molecule has 0 bridgehead atoms. The lowest BCUT2D eigenvalue weighted by Crippen LogP contribution is -2.25. The van der Waals surface area contributed by atoms with Gasteiger partial charge >= 0.3 is 5.97 Å². The lowest BCUT2D eigenvalue weighted by atomic mass is 10.0.